The van der Waals surface area contributed by atoms with Crippen molar-refractivity contribution in [2.45, 2.75) is 25.7 Å². The third-order valence-corrected chi connectivity index (χ3v) is 4.34. The Morgan fingerprint density at radius 1 is 1.41 bits per heavy atom. The molecule has 0 aliphatic carbocycles. The van der Waals surface area contributed by atoms with E-state index in [0.717, 1.165) is 45.4 Å². The Kier molecular flexibility index (Phi) is 6.35. The van der Waals surface area contributed by atoms with Crippen molar-refractivity contribution in [2.24, 2.45) is 5.92 Å². The molecule has 1 saturated heterocycles. The number of carbonyl (C=O) groups excluding carboxylic acids is 1. The maximum Gasteiger partial charge on any atom is 0.225 e. The van der Waals surface area contributed by atoms with Crippen molar-refractivity contribution in [2.75, 3.05) is 33.2 Å². The lowest BCUT2D eigenvalue weighted by Gasteiger charge is -2.32. The highest BCUT2D eigenvalue weighted by molar-refractivity contribution is 5.78. The summed E-state index contributed by atoms with van der Waals surface area (Å²) in [4.78, 5) is 20.6. The van der Waals surface area contributed by atoms with Gasteiger partial charge in [0, 0.05) is 44.9 Å². The van der Waals surface area contributed by atoms with Gasteiger partial charge in [0.05, 0.1) is 6.07 Å². The van der Waals surface area contributed by atoms with Crippen molar-refractivity contribution in [1.29, 1.82) is 5.26 Å². The van der Waals surface area contributed by atoms with Crippen LogP contribution in [0.1, 0.15) is 24.8 Å². The van der Waals surface area contributed by atoms with E-state index in [1.807, 2.05) is 24.1 Å². The smallest absolute Gasteiger partial charge is 0.225 e. The number of hydrogen-bond acceptors (Lipinski definition) is 4. The van der Waals surface area contributed by atoms with E-state index in [1.165, 1.54) is 5.56 Å². The molecule has 0 spiro atoms. The second-order valence-electron chi connectivity index (χ2n) is 5.89. The average Bonchev–Trinajstić information content (AvgIpc) is 2.58. The summed E-state index contributed by atoms with van der Waals surface area (Å²) in [7, 11) is 1.89. The first kappa shape index (κ1) is 16.4. The van der Waals surface area contributed by atoms with Crippen LogP contribution in [0.4, 0.5) is 0 Å². The quantitative estimate of drug-likeness (QED) is 0.802. The molecule has 0 saturated carbocycles. The van der Waals surface area contributed by atoms with Crippen molar-refractivity contribution in [3.05, 3.63) is 30.1 Å². The molecule has 5 heteroatoms. The summed E-state index contributed by atoms with van der Waals surface area (Å²) in [5, 5.41) is 8.62. The zero-order valence-corrected chi connectivity index (χ0v) is 13.2. The number of nitriles is 1. The first-order valence-corrected chi connectivity index (χ1v) is 7.94. The van der Waals surface area contributed by atoms with Crippen LogP contribution in [0.25, 0.3) is 0 Å². The lowest BCUT2D eigenvalue weighted by atomic mass is 9.95. The molecule has 5 nitrogen and oxygen atoms in total. The summed E-state index contributed by atoms with van der Waals surface area (Å²) < 4.78 is 0. The monoisotopic (exact) mass is 300 g/mol. The summed E-state index contributed by atoms with van der Waals surface area (Å²) in [6, 6.07) is 6.16. The van der Waals surface area contributed by atoms with E-state index >= 15 is 0 Å². The minimum atomic E-state index is 0.140. The van der Waals surface area contributed by atoms with Crippen LogP contribution < -0.4 is 0 Å². The lowest BCUT2D eigenvalue weighted by Crippen LogP contribution is -2.42. The number of hydrogen-bond donors (Lipinski definition) is 0. The molecule has 2 rings (SSSR count). The van der Waals surface area contributed by atoms with Crippen molar-refractivity contribution >= 4 is 5.91 Å². The van der Waals surface area contributed by atoms with Gasteiger partial charge in [-0.2, -0.15) is 5.26 Å². The highest BCUT2D eigenvalue weighted by Gasteiger charge is 2.26. The van der Waals surface area contributed by atoms with Gasteiger partial charge >= 0.3 is 0 Å². The molecule has 1 aromatic rings. The van der Waals surface area contributed by atoms with Crippen molar-refractivity contribution in [3.8, 4) is 6.07 Å². The Balaban J connectivity index is 1.73. The molecular weight excluding hydrogens is 276 g/mol. The Morgan fingerprint density at radius 3 is 2.73 bits per heavy atom. The minimum Gasteiger partial charge on any atom is -0.345 e. The molecule has 22 heavy (non-hydrogen) atoms. The predicted molar refractivity (Wildman–Crippen MR) is 85.0 cm³/mol. The van der Waals surface area contributed by atoms with E-state index < -0.39 is 0 Å². The highest BCUT2D eigenvalue weighted by atomic mass is 16.2. The van der Waals surface area contributed by atoms with Gasteiger partial charge < -0.3 is 9.80 Å². The second kappa shape index (κ2) is 8.50. The number of carbonyl (C=O) groups is 1. The molecule has 0 radical (unpaired) electrons. The molecule has 1 fully saturated rings. The predicted octanol–water partition coefficient (Wildman–Crippen LogP) is 1.71. The van der Waals surface area contributed by atoms with E-state index in [9.17, 15) is 4.79 Å². The van der Waals surface area contributed by atoms with E-state index in [4.69, 9.17) is 5.26 Å². The van der Waals surface area contributed by atoms with Crippen molar-refractivity contribution in [1.82, 2.24) is 14.8 Å². The zero-order chi connectivity index (χ0) is 15.8. The molecule has 1 aliphatic heterocycles. The van der Waals surface area contributed by atoms with Gasteiger partial charge in [-0.15, -0.1) is 0 Å². The van der Waals surface area contributed by atoms with E-state index in [1.54, 1.807) is 12.4 Å². The number of likely N-dealkylation sites (tertiary alicyclic amines) is 1. The summed E-state index contributed by atoms with van der Waals surface area (Å²) in [6.07, 6.45) is 6.83. The van der Waals surface area contributed by atoms with Crippen LogP contribution in [0, 0.1) is 17.2 Å². The highest BCUT2D eigenvalue weighted by Crippen LogP contribution is 2.19. The average molecular weight is 300 g/mol. The fourth-order valence-electron chi connectivity index (χ4n) is 2.88. The van der Waals surface area contributed by atoms with Gasteiger partial charge in [-0.3, -0.25) is 9.78 Å². The van der Waals surface area contributed by atoms with Crippen LogP contribution in [-0.4, -0.2) is 53.9 Å². The van der Waals surface area contributed by atoms with Gasteiger partial charge in [-0.1, -0.05) is 0 Å². The number of piperidine rings is 1. The van der Waals surface area contributed by atoms with Crippen LogP contribution >= 0.6 is 0 Å². The Labute approximate surface area is 132 Å². The number of likely N-dealkylation sites (N-methyl/N-ethyl adjacent to an activating group) is 1. The number of rotatable bonds is 6. The normalized spacial score (nSPS) is 16.2. The SMILES string of the molecule is CN(CCc1ccncc1)C(=O)C1CCN(CCC#N)CC1. The molecule has 1 amide bonds. The van der Waals surface area contributed by atoms with Gasteiger partial charge in [0.25, 0.3) is 0 Å². The molecule has 118 valence electrons. The van der Waals surface area contributed by atoms with Gasteiger partial charge in [0.1, 0.15) is 0 Å². The van der Waals surface area contributed by atoms with Crippen LogP contribution in [-0.2, 0) is 11.2 Å². The lowest BCUT2D eigenvalue weighted by molar-refractivity contribution is -0.135. The first-order valence-electron chi connectivity index (χ1n) is 7.94. The summed E-state index contributed by atoms with van der Waals surface area (Å²) >= 11 is 0. The molecular formula is C17H24N4O. The second-order valence-corrected chi connectivity index (χ2v) is 5.89. The van der Waals surface area contributed by atoms with E-state index in [0.29, 0.717) is 6.42 Å². The molecule has 0 N–H and O–H groups in total. The molecule has 0 atom stereocenters. The Bertz CT molecular complexity index is 503. The molecule has 0 aromatic carbocycles. The summed E-state index contributed by atoms with van der Waals surface area (Å²) in [5.41, 5.74) is 1.21. The minimum absolute atomic E-state index is 0.140. The summed E-state index contributed by atoms with van der Waals surface area (Å²) in [6.45, 7) is 3.43. The van der Waals surface area contributed by atoms with Gasteiger partial charge in [-0.25, -0.2) is 0 Å². The standard InChI is InChI=1S/C17H24N4O/c1-20(12-5-15-3-9-19-10-4-15)17(22)16-6-13-21(14-7-16)11-2-8-18/h3-4,9-10,16H,2,5-7,11-14H2,1H3. The van der Waals surface area contributed by atoms with Crippen LogP contribution in [0.15, 0.2) is 24.5 Å². The maximum atomic E-state index is 12.5. The fourth-order valence-corrected chi connectivity index (χ4v) is 2.88. The van der Waals surface area contributed by atoms with Gasteiger partial charge in [0.15, 0.2) is 0 Å². The Hall–Kier alpha value is -1.93. The maximum absolute atomic E-state index is 12.5. The van der Waals surface area contributed by atoms with Crippen molar-refractivity contribution < 1.29 is 4.79 Å². The molecule has 0 bridgehead atoms. The number of amides is 1. The molecule has 2 heterocycles. The summed E-state index contributed by atoms with van der Waals surface area (Å²) in [5.74, 6) is 0.398. The van der Waals surface area contributed by atoms with E-state index in [-0.39, 0.29) is 11.8 Å². The van der Waals surface area contributed by atoms with Crippen LogP contribution in [0.2, 0.25) is 0 Å². The van der Waals surface area contributed by atoms with Gasteiger partial charge in [0.2, 0.25) is 5.91 Å². The number of aromatic nitrogens is 1. The third kappa shape index (κ3) is 4.81. The topological polar surface area (TPSA) is 60.2 Å². The Morgan fingerprint density at radius 2 is 2.09 bits per heavy atom. The number of pyridine rings is 1. The van der Waals surface area contributed by atoms with E-state index in [2.05, 4.69) is 16.0 Å². The number of nitrogens with zero attached hydrogens (tertiary/aromatic N) is 4. The largest absolute Gasteiger partial charge is 0.345 e. The van der Waals surface area contributed by atoms with Gasteiger partial charge in [-0.05, 0) is 50.0 Å². The zero-order valence-electron chi connectivity index (χ0n) is 13.2. The molecule has 0 unspecified atom stereocenters. The fraction of sp³-hybridized carbons (Fsp3) is 0.588. The third-order valence-electron chi connectivity index (χ3n) is 4.34. The molecule has 1 aromatic heterocycles. The van der Waals surface area contributed by atoms with Crippen molar-refractivity contribution in [3.63, 3.8) is 0 Å². The van der Waals surface area contributed by atoms with Crippen LogP contribution in [0.5, 0.6) is 0 Å². The molecule has 1 aliphatic rings. The van der Waals surface area contributed by atoms with Crippen LogP contribution in [0.3, 0.4) is 0 Å². The first-order chi connectivity index (χ1) is 10.7.